The predicted octanol–water partition coefficient (Wildman–Crippen LogP) is 5.46. The molecule has 0 atom stereocenters. The summed E-state index contributed by atoms with van der Waals surface area (Å²) in [5.41, 5.74) is 8.94. The van der Waals surface area contributed by atoms with Crippen LogP contribution in [-0.2, 0) is 11.2 Å². The average Bonchev–Trinajstić information content (AvgIpc) is 2.77. The molecule has 0 aliphatic heterocycles. The molecule has 2 aromatic rings. The van der Waals surface area contributed by atoms with E-state index >= 15 is 0 Å². The Morgan fingerprint density at radius 1 is 1.12 bits per heavy atom. The second-order valence-electron chi connectivity index (χ2n) is 8.52. The molecule has 0 unspecified atom stereocenters. The highest BCUT2D eigenvalue weighted by Gasteiger charge is 2.19. The van der Waals surface area contributed by atoms with Crippen molar-refractivity contribution in [3.63, 3.8) is 0 Å². The molecule has 0 aromatic heterocycles. The number of ether oxygens (including phenoxy) is 1. The highest BCUT2D eigenvalue weighted by atomic mass is 35.5. The summed E-state index contributed by atoms with van der Waals surface area (Å²) in [7, 11) is 0. The van der Waals surface area contributed by atoms with Crippen LogP contribution in [0, 0.1) is 11.8 Å². The van der Waals surface area contributed by atoms with Gasteiger partial charge < -0.3 is 10.5 Å². The minimum absolute atomic E-state index is 0.170. The summed E-state index contributed by atoms with van der Waals surface area (Å²) in [6, 6.07) is 15.2. The van der Waals surface area contributed by atoms with E-state index in [2.05, 4.69) is 27.4 Å². The van der Waals surface area contributed by atoms with E-state index in [-0.39, 0.29) is 18.5 Å². The number of hydrogen-bond donors (Lipinski definition) is 1. The average molecular weight is 468 g/mol. The van der Waals surface area contributed by atoms with Crippen LogP contribution in [0.4, 0.5) is 4.79 Å². The van der Waals surface area contributed by atoms with Crippen molar-refractivity contribution >= 4 is 36.1 Å². The van der Waals surface area contributed by atoms with Gasteiger partial charge in [0.05, 0.1) is 19.0 Å². The molecule has 1 saturated carbocycles. The number of guanidine groups is 1. The van der Waals surface area contributed by atoms with E-state index in [1.165, 1.54) is 31.0 Å². The van der Waals surface area contributed by atoms with Crippen molar-refractivity contribution in [1.29, 1.82) is 0 Å². The zero-order valence-electron chi connectivity index (χ0n) is 19.0. The zero-order valence-corrected chi connectivity index (χ0v) is 19.8. The first-order valence-electron chi connectivity index (χ1n) is 11.1. The highest BCUT2D eigenvalue weighted by molar-refractivity contribution is 6.30. The number of halogens is 1. The number of hydrazone groups is 1. The van der Waals surface area contributed by atoms with Crippen LogP contribution in [0.3, 0.4) is 0 Å². The van der Waals surface area contributed by atoms with E-state index in [0.29, 0.717) is 5.02 Å². The summed E-state index contributed by atoms with van der Waals surface area (Å²) in [5, 5.41) is 13.6. The molecule has 2 aromatic carbocycles. The van der Waals surface area contributed by atoms with E-state index in [0.717, 1.165) is 28.5 Å². The lowest BCUT2D eigenvalue weighted by Gasteiger charge is -2.25. The summed E-state index contributed by atoms with van der Waals surface area (Å²) in [5.74, 6) is 0.774. The standard InChI is InChI=1S/C25H30ClN5O2/c1-18(2)17-33-25(32)31(24(27)30-28-15-21-10-12-23(26)13-11-21)29-16-22-8-6-20(7-9-22)14-19-4-3-5-19/h6-13,15-16,18-19H,3-5,14,17H2,1-2H3,(H2,27,30)/b28-15+,29-16+. The molecular formula is C25H30ClN5O2. The van der Waals surface area contributed by atoms with Crippen molar-refractivity contribution in [2.75, 3.05) is 6.61 Å². The summed E-state index contributed by atoms with van der Waals surface area (Å²) >= 11 is 5.88. The van der Waals surface area contributed by atoms with Gasteiger partial charge in [-0.2, -0.15) is 10.2 Å². The molecule has 7 nitrogen and oxygen atoms in total. The van der Waals surface area contributed by atoms with Crippen LogP contribution in [0.1, 0.15) is 49.8 Å². The third-order valence-corrected chi connectivity index (χ3v) is 5.47. The monoisotopic (exact) mass is 467 g/mol. The second-order valence-corrected chi connectivity index (χ2v) is 8.96. The van der Waals surface area contributed by atoms with Crippen LogP contribution in [-0.4, -0.2) is 36.1 Å². The third-order valence-electron chi connectivity index (χ3n) is 5.22. The molecule has 1 amide bonds. The molecule has 174 valence electrons. The van der Waals surface area contributed by atoms with Crippen LogP contribution in [0.15, 0.2) is 63.8 Å². The lowest BCUT2D eigenvalue weighted by molar-refractivity contribution is 0.111. The zero-order chi connectivity index (χ0) is 23.6. The molecule has 3 rings (SSSR count). The number of carbonyl (C=O) groups excluding carboxylic acids is 1. The van der Waals surface area contributed by atoms with Gasteiger partial charge in [0.15, 0.2) is 0 Å². The Morgan fingerprint density at radius 3 is 2.36 bits per heavy atom. The Morgan fingerprint density at radius 2 is 1.76 bits per heavy atom. The predicted molar refractivity (Wildman–Crippen MR) is 134 cm³/mol. The third kappa shape index (κ3) is 8.02. The summed E-state index contributed by atoms with van der Waals surface area (Å²) in [6.45, 7) is 4.13. The van der Waals surface area contributed by atoms with Gasteiger partial charge in [0, 0.05) is 5.02 Å². The maximum absolute atomic E-state index is 12.6. The molecule has 8 heteroatoms. The lowest BCUT2D eigenvalue weighted by Crippen LogP contribution is -2.39. The van der Waals surface area contributed by atoms with Gasteiger partial charge in [0.25, 0.3) is 0 Å². The van der Waals surface area contributed by atoms with Crippen molar-refractivity contribution in [3.05, 3.63) is 70.2 Å². The Kier molecular flexibility index (Phi) is 9.01. The van der Waals surface area contributed by atoms with Crippen molar-refractivity contribution < 1.29 is 9.53 Å². The van der Waals surface area contributed by atoms with Crippen molar-refractivity contribution in [1.82, 2.24) is 5.01 Å². The van der Waals surface area contributed by atoms with Gasteiger partial charge in [-0.15, -0.1) is 10.1 Å². The fourth-order valence-corrected chi connectivity index (χ4v) is 3.27. The van der Waals surface area contributed by atoms with Crippen molar-refractivity contribution in [3.8, 4) is 0 Å². The minimum Gasteiger partial charge on any atom is -0.448 e. The molecule has 1 aliphatic carbocycles. The van der Waals surface area contributed by atoms with Gasteiger partial charge in [-0.05, 0) is 47.1 Å². The number of nitrogens with two attached hydrogens (primary N) is 1. The van der Waals surface area contributed by atoms with Gasteiger partial charge >= 0.3 is 6.09 Å². The van der Waals surface area contributed by atoms with E-state index in [9.17, 15) is 4.79 Å². The van der Waals surface area contributed by atoms with E-state index < -0.39 is 6.09 Å². The first-order chi connectivity index (χ1) is 15.9. The molecule has 0 heterocycles. The highest BCUT2D eigenvalue weighted by Crippen LogP contribution is 2.29. The van der Waals surface area contributed by atoms with Crippen molar-refractivity contribution in [2.45, 2.75) is 39.5 Å². The first-order valence-corrected chi connectivity index (χ1v) is 11.5. The van der Waals surface area contributed by atoms with Crippen LogP contribution in [0.5, 0.6) is 0 Å². The topological polar surface area (TPSA) is 92.6 Å². The maximum atomic E-state index is 12.6. The minimum atomic E-state index is -0.718. The van der Waals surface area contributed by atoms with Crippen LogP contribution >= 0.6 is 11.6 Å². The summed E-state index contributed by atoms with van der Waals surface area (Å²) in [4.78, 5) is 12.6. The van der Waals surface area contributed by atoms with Gasteiger partial charge in [-0.1, -0.05) is 81.1 Å². The van der Waals surface area contributed by atoms with Gasteiger partial charge in [-0.25, -0.2) is 4.79 Å². The van der Waals surface area contributed by atoms with Crippen LogP contribution in [0.2, 0.25) is 5.02 Å². The van der Waals surface area contributed by atoms with Crippen molar-refractivity contribution in [2.24, 2.45) is 32.9 Å². The Balaban J connectivity index is 1.70. The fraction of sp³-hybridized carbons (Fsp3) is 0.360. The maximum Gasteiger partial charge on any atom is 0.437 e. The molecule has 0 radical (unpaired) electrons. The van der Waals surface area contributed by atoms with E-state index in [1.54, 1.807) is 30.5 Å². The SMILES string of the molecule is CC(C)COC(=O)N(/N=C/c1ccc(CC2CCC2)cc1)/C(N)=N/N=C/c1ccc(Cl)cc1. The number of carbonyl (C=O) groups is 1. The Bertz CT molecular complexity index is 996. The molecular weight excluding hydrogens is 438 g/mol. The largest absolute Gasteiger partial charge is 0.448 e. The molecule has 0 spiro atoms. The summed E-state index contributed by atoms with van der Waals surface area (Å²) in [6.07, 6.45) is 7.41. The Labute approximate surface area is 200 Å². The molecule has 2 N–H and O–H groups in total. The number of amides is 1. The number of rotatable bonds is 8. The van der Waals surface area contributed by atoms with Gasteiger partial charge in [-0.3, -0.25) is 0 Å². The molecule has 1 aliphatic rings. The van der Waals surface area contributed by atoms with Crippen LogP contribution in [0.25, 0.3) is 0 Å². The quantitative estimate of drug-likeness (QED) is 0.317. The number of nitrogens with zero attached hydrogens (tertiary/aromatic N) is 4. The lowest BCUT2D eigenvalue weighted by atomic mass is 9.81. The van der Waals surface area contributed by atoms with E-state index in [4.69, 9.17) is 22.1 Å². The fourth-order valence-electron chi connectivity index (χ4n) is 3.14. The first kappa shape index (κ1) is 24.5. The van der Waals surface area contributed by atoms with Crippen LogP contribution < -0.4 is 5.73 Å². The Hall–Kier alpha value is -3.19. The molecule has 0 bridgehead atoms. The molecule has 1 fully saturated rings. The van der Waals surface area contributed by atoms with E-state index in [1.807, 2.05) is 26.0 Å². The smallest absolute Gasteiger partial charge is 0.437 e. The number of hydrogen-bond acceptors (Lipinski definition) is 5. The molecule has 0 saturated heterocycles. The second kappa shape index (κ2) is 12.2. The van der Waals surface area contributed by atoms with Gasteiger partial charge in [0.1, 0.15) is 0 Å². The van der Waals surface area contributed by atoms with Gasteiger partial charge in [0.2, 0.25) is 5.96 Å². The number of benzene rings is 2. The molecule has 33 heavy (non-hydrogen) atoms. The summed E-state index contributed by atoms with van der Waals surface area (Å²) < 4.78 is 5.28. The normalized spacial score (nSPS) is 14.7.